The summed E-state index contributed by atoms with van der Waals surface area (Å²) in [7, 11) is -3.89. The molecule has 4 nitrogen and oxygen atoms in total. The Morgan fingerprint density at radius 3 is 2.57 bits per heavy atom. The van der Waals surface area contributed by atoms with Gasteiger partial charge < -0.3 is 5.32 Å². The molecule has 0 saturated heterocycles. The Morgan fingerprint density at radius 2 is 2.04 bits per heavy atom. The topological polar surface area (TPSA) is 70.0 Å². The van der Waals surface area contributed by atoms with Crippen molar-refractivity contribution < 1.29 is 8.42 Å². The number of hydrogen-bond donors (Lipinski definition) is 1. The maximum absolute atomic E-state index is 12.7. The average Bonchev–Trinajstić information content (AvgIpc) is 3.05. The summed E-state index contributed by atoms with van der Waals surface area (Å²) in [6.07, 6.45) is 1.73. The summed E-state index contributed by atoms with van der Waals surface area (Å²) in [5, 5.41) is 15.1. The smallest absolute Gasteiger partial charge is 0.219 e. The van der Waals surface area contributed by atoms with Crippen LogP contribution in [0.15, 0.2) is 56.6 Å². The zero-order chi connectivity index (χ0) is 16.9. The Hall–Kier alpha value is -1.46. The SMILES string of the molecule is CS/C(NCc1cccs1)=C(\C#N)S(=O)(=O)c1ccc(Cl)cc1. The molecule has 23 heavy (non-hydrogen) atoms. The first-order valence-corrected chi connectivity index (χ1v) is 10.4. The summed E-state index contributed by atoms with van der Waals surface area (Å²) in [4.78, 5) is 0.810. The standard InChI is InChI=1S/C15H13ClN2O2S3/c1-21-15(18-10-12-3-2-8-22-12)14(9-17)23(19,20)13-6-4-11(16)5-7-13/h2-8,18H,10H2,1H3/b15-14+. The largest absolute Gasteiger partial charge is 0.373 e. The van der Waals surface area contributed by atoms with Crippen molar-refractivity contribution in [1.82, 2.24) is 5.32 Å². The number of halogens is 1. The first-order valence-electron chi connectivity index (χ1n) is 6.44. The molecule has 0 unspecified atom stereocenters. The van der Waals surface area contributed by atoms with Crippen LogP contribution < -0.4 is 5.32 Å². The van der Waals surface area contributed by atoms with Crippen molar-refractivity contribution in [2.75, 3.05) is 6.26 Å². The number of hydrogen-bond acceptors (Lipinski definition) is 6. The number of allylic oxidation sites excluding steroid dienone is 1. The van der Waals surface area contributed by atoms with Crippen LogP contribution in [0.2, 0.25) is 5.02 Å². The lowest BCUT2D eigenvalue weighted by atomic mass is 10.4. The highest BCUT2D eigenvalue weighted by molar-refractivity contribution is 8.04. The molecule has 1 aromatic heterocycles. The molecule has 0 bridgehead atoms. The minimum Gasteiger partial charge on any atom is -0.373 e. The molecule has 1 N–H and O–H groups in total. The van der Waals surface area contributed by atoms with E-state index in [9.17, 15) is 13.7 Å². The maximum Gasteiger partial charge on any atom is 0.219 e. The second-order valence-electron chi connectivity index (χ2n) is 4.36. The van der Waals surface area contributed by atoms with Gasteiger partial charge in [-0.05, 0) is 42.0 Å². The van der Waals surface area contributed by atoms with Crippen LogP contribution in [0.1, 0.15) is 4.88 Å². The van der Waals surface area contributed by atoms with Crippen LogP contribution in [0.25, 0.3) is 0 Å². The normalized spacial score (nSPS) is 12.4. The van der Waals surface area contributed by atoms with E-state index in [4.69, 9.17) is 11.6 Å². The molecular formula is C15H13ClN2O2S3. The quantitative estimate of drug-likeness (QED) is 0.761. The lowest BCUT2D eigenvalue weighted by molar-refractivity contribution is 0.602. The predicted molar refractivity (Wildman–Crippen MR) is 96.0 cm³/mol. The van der Waals surface area contributed by atoms with Crippen molar-refractivity contribution in [2.24, 2.45) is 0 Å². The van der Waals surface area contributed by atoms with Crippen LogP contribution in [0.4, 0.5) is 0 Å². The van der Waals surface area contributed by atoms with E-state index < -0.39 is 9.84 Å². The third kappa shape index (κ3) is 4.30. The monoisotopic (exact) mass is 384 g/mol. The number of nitriles is 1. The predicted octanol–water partition coefficient (Wildman–Crippen LogP) is 4.02. The molecule has 8 heteroatoms. The Bertz CT molecular complexity index is 836. The van der Waals surface area contributed by atoms with E-state index in [2.05, 4.69) is 5.32 Å². The van der Waals surface area contributed by atoms with Crippen molar-refractivity contribution in [3.63, 3.8) is 0 Å². The van der Waals surface area contributed by atoms with Crippen LogP contribution in [0, 0.1) is 11.3 Å². The first kappa shape index (κ1) is 17.9. The van der Waals surface area contributed by atoms with Crippen molar-refractivity contribution in [2.45, 2.75) is 11.4 Å². The van der Waals surface area contributed by atoms with E-state index in [0.717, 1.165) is 4.88 Å². The molecule has 0 atom stereocenters. The van der Waals surface area contributed by atoms with Crippen LogP contribution >= 0.6 is 34.7 Å². The van der Waals surface area contributed by atoms with E-state index in [0.29, 0.717) is 16.6 Å². The lowest BCUT2D eigenvalue weighted by Gasteiger charge is -2.11. The van der Waals surface area contributed by atoms with Crippen molar-refractivity contribution in [1.29, 1.82) is 5.26 Å². The molecule has 0 aliphatic carbocycles. The number of thiophene rings is 1. The summed E-state index contributed by atoms with van der Waals surface area (Å²) in [5.41, 5.74) is 0. The number of rotatable bonds is 6. The fourth-order valence-corrected chi connectivity index (χ4v) is 4.75. The fraction of sp³-hybridized carbons (Fsp3) is 0.133. The van der Waals surface area contributed by atoms with Gasteiger partial charge in [-0.1, -0.05) is 17.7 Å². The van der Waals surface area contributed by atoms with Gasteiger partial charge in [-0.2, -0.15) is 5.26 Å². The summed E-state index contributed by atoms with van der Waals surface area (Å²) in [6, 6.07) is 11.4. The van der Waals surface area contributed by atoms with E-state index in [1.54, 1.807) is 17.6 Å². The minimum atomic E-state index is -3.89. The van der Waals surface area contributed by atoms with Gasteiger partial charge in [0, 0.05) is 16.4 Å². The Labute approximate surface area is 148 Å². The highest BCUT2D eigenvalue weighted by atomic mass is 35.5. The van der Waals surface area contributed by atoms with Crippen molar-refractivity contribution in [3.05, 3.63) is 61.6 Å². The molecule has 1 aromatic carbocycles. The molecule has 0 fully saturated rings. The second kappa shape index (κ2) is 7.88. The van der Waals surface area contributed by atoms with Gasteiger partial charge in [0.05, 0.1) is 9.92 Å². The van der Waals surface area contributed by atoms with Crippen molar-refractivity contribution in [3.8, 4) is 6.07 Å². The van der Waals surface area contributed by atoms with Gasteiger partial charge in [-0.25, -0.2) is 8.42 Å². The summed E-state index contributed by atoms with van der Waals surface area (Å²) < 4.78 is 25.3. The van der Waals surface area contributed by atoms with E-state index in [1.165, 1.54) is 36.0 Å². The first-order chi connectivity index (χ1) is 11.0. The molecule has 2 aromatic rings. The molecule has 0 spiro atoms. The van der Waals surface area contributed by atoms with Gasteiger partial charge >= 0.3 is 0 Å². The third-order valence-corrected chi connectivity index (χ3v) is 6.65. The molecule has 0 amide bonds. The molecule has 1 heterocycles. The molecule has 120 valence electrons. The molecular weight excluding hydrogens is 372 g/mol. The van der Waals surface area contributed by atoms with Crippen LogP contribution in [-0.4, -0.2) is 14.7 Å². The number of nitrogens with zero attached hydrogens (tertiary/aromatic N) is 1. The number of nitrogens with one attached hydrogen (secondary N) is 1. The van der Waals surface area contributed by atoms with E-state index >= 15 is 0 Å². The molecule has 0 aliphatic heterocycles. The zero-order valence-corrected chi connectivity index (χ0v) is 15.3. The maximum atomic E-state index is 12.7. The van der Waals surface area contributed by atoms with E-state index in [-0.39, 0.29) is 9.80 Å². The van der Waals surface area contributed by atoms with Crippen LogP contribution in [-0.2, 0) is 16.4 Å². The van der Waals surface area contributed by atoms with Gasteiger partial charge in [0.1, 0.15) is 6.07 Å². The number of thioether (sulfide) groups is 1. The molecule has 2 rings (SSSR count). The molecule has 0 saturated carbocycles. The highest BCUT2D eigenvalue weighted by Gasteiger charge is 2.24. The third-order valence-electron chi connectivity index (χ3n) is 2.91. The zero-order valence-electron chi connectivity index (χ0n) is 12.1. The van der Waals surface area contributed by atoms with Crippen LogP contribution in [0.5, 0.6) is 0 Å². The van der Waals surface area contributed by atoms with Gasteiger partial charge in [0.25, 0.3) is 0 Å². The lowest BCUT2D eigenvalue weighted by Crippen LogP contribution is -2.16. The Morgan fingerprint density at radius 1 is 1.35 bits per heavy atom. The van der Waals surface area contributed by atoms with Crippen LogP contribution in [0.3, 0.4) is 0 Å². The molecule has 0 aliphatic rings. The van der Waals surface area contributed by atoms with Gasteiger partial charge in [0.15, 0.2) is 4.91 Å². The fourth-order valence-electron chi connectivity index (χ4n) is 1.79. The minimum absolute atomic E-state index is 0.0444. The summed E-state index contributed by atoms with van der Waals surface area (Å²) in [5.74, 6) is 0. The Balaban J connectivity index is 2.37. The number of sulfone groups is 1. The second-order valence-corrected chi connectivity index (χ2v) is 8.54. The summed E-state index contributed by atoms with van der Waals surface area (Å²) in [6.45, 7) is 0.467. The van der Waals surface area contributed by atoms with Gasteiger partial charge in [-0.15, -0.1) is 23.1 Å². The average molecular weight is 385 g/mol. The highest BCUT2D eigenvalue weighted by Crippen LogP contribution is 2.26. The summed E-state index contributed by atoms with van der Waals surface area (Å²) >= 11 is 8.54. The number of benzene rings is 1. The Kier molecular flexibility index (Phi) is 6.13. The van der Waals surface area contributed by atoms with Gasteiger partial charge in [-0.3, -0.25) is 0 Å². The van der Waals surface area contributed by atoms with Gasteiger partial charge in [0.2, 0.25) is 9.84 Å². The van der Waals surface area contributed by atoms with E-state index in [1.807, 2.05) is 23.6 Å². The van der Waals surface area contributed by atoms with Crippen molar-refractivity contribution >= 4 is 44.5 Å². The molecule has 0 radical (unpaired) electrons.